The molecule has 0 fully saturated rings. The van der Waals surface area contributed by atoms with E-state index in [2.05, 4.69) is 5.32 Å². The van der Waals surface area contributed by atoms with E-state index in [1.165, 1.54) is 12.1 Å². The maximum atomic E-state index is 13.1. The third-order valence-electron chi connectivity index (χ3n) is 4.55. The van der Waals surface area contributed by atoms with Gasteiger partial charge in [0.1, 0.15) is 5.82 Å². The second-order valence-electron chi connectivity index (χ2n) is 6.72. The lowest BCUT2D eigenvalue weighted by atomic mass is 10.1. The number of rotatable bonds is 7. The lowest BCUT2D eigenvalue weighted by Crippen LogP contribution is -3.11. The highest BCUT2D eigenvalue weighted by molar-refractivity contribution is 5.95. The van der Waals surface area contributed by atoms with Gasteiger partial charge >= 0.3 is 0 Å². The van der Waals surface area contributed by atoms with Gasteiger partial charge in [-0.15, -0.1) is 0 Å². The molecule has 0 saturated carbocycles. The number of nitrogens with zero attached hydrogens (tertiary/aromatic N) is 1. The van der Waals surface area contributed by atoms with E-state index in [9.17, 15) is 14.0 Å². The summed E-state index contributed by atoms with van der Waals surface area (Å²) in [4.78, 5) is 27.3. The van der Waals surface area contributed by atoms with E-state index in [0.717, 1.165) is 21.7 Å². The predicted octanol–water partition coefficient (Wildman–Crippen LogP) is 1.95. The van der Waals surface area contributed by atoms with Crippen LogP contribution < -0.4 is 15.1 Å². The first kappa shape index (κ1) is 20.6. The van der Waals surface area contributed by atoms with Gasteiger partial charge < -0.3 is 15.1 Å². The van der Waals surface area contributed by atoms with Crippen LogP contribution in [0.3, 0.4) is 0 Å². The van der Waals surface area contributed by atoms with E-state index < -0.39 is 0 Å². The predicted molar refractivity (Wildman–Crippen MR) is 106 cm³/mol. The first-order valence-electron chi connectivity index (χ1n) is 9.05. The Balaban J connectivity index is 1.94. The highest BCUT2D eigenvalue weighted by Gasteiger charge is 2.20. The van der Waals surface area contributed by atoms with Crippen LogP contribution in [0.1, 0.15) is 18.1 Å². The number of aryl methyl sites for hydroxylation is 1. The molecule has 0 heterocycles. The molecule has 2 aromatic carbocycles. The van der Waals surface area contributed by atoms with E-state index in [0.29, 0.717) is 12.2 Å². The Labute approximate surface area is 159 Å². The highest BCUT2D eigenvalue weighted by Crippen LogP contribution is 2.17. The third kappa shape index (κ3) is 5.62. The van der Waals surface area contributed by atoms with E-state index in [4.69, 9.17) is 0 Å². The summed E-state index contributed by atoms with van der Waals surface area (Å²) in [7, 11) is 1.80. The molecule has 1 atom stereocenters. The van der Waals surface area contributed by atoms with Crippen LogP contribution in [0.4, 0.5) is 15.8 Å². The number of quaternary nitrogens is 1. The van der Waals surface area contributed by atoms with Crippen LogP contribution in [-0.4, -0.2) is 38.5 Å². The van der Waals surface area contributed by atoms with Crippen LogP contribution in [0.15, 0.2) is 42.5 Å². The molecule has 0 aliphatic carbocycles. The summed E-state index contributed by atoms with van der Waals surface area (Å²) in [6.07, 6.45) is 0. The van der Waals surface area contributed by atoms with Crippen molar-refractivity contribution >= 4 is 23.2 Å². The van der Waals surface area contributed by atoms with Crippen molar-refractivity contribution in [3.8, 4) is 0 Å². The van der Waals surface area contributed by atoms with Gasteiger partial charge in [-0.25, -0.2) is 4.39 Å². The molecule has 0 bridgehead atoms. The Morgan fingerprint density at radius 3 is 2.37 bits per heavy atom. The summed E-state index contributed by atoms with van der Waals surface area (Å²) < 4.78 is 13.1. The lowest BCUT2D eigenvalue weighted by Gasteiger charge is -2.22. The van der Waals surface area contributed by atoms with Gasteiger partial charge in [-0.1, -0.05) is 12.1 Å². The number of amides is 2. The molecule has 5 nitrogen and oxygen atoms in total. The first-order chi connectivity index (χ1) is 12.8. The van der Waals surface area contributed by atoms with E-state index in [1.54, 1.807) is 24.1 Å². The summed E-state index contributed by atoms with van der Waals surface area (Å²) in [5, 5.41) is 2.91. The molecular weight excluding hydrogens is 345 g/mol. The molecule has 0 radical (unpaired) electrons. The second-order valence-corrected chi connectivity index (χ2v) is 6.72. The Kier molecular flexibility index (Phi) is 7.07. The molecule has 2 rings (SSSR count). The van der Waals surface area contributed by atoms with Gasteiger partial charge in [0.25, 0.3) is 11.8 Å². The Bertz CT molecular complexity index is 806. The number of halogens is 1. The smallest absolute Gasteiger partial charge is 0.282 e. The van der Waals surface area contributed by atoms with Crippen molar-refractivity contribution in [2.24, 2.45) is 0 Å². The van der Waals surface area contributed by atoms with Crippen LogP contribution in [-0.2, 0) is 9.59 Å². The zero-order valence-corrected chi connectivity index (χ0v) is 16.3. The number of carbonyl (C=O) groups excluding carboxylic acids is 2. The average molecular weight is 372 g/mol. The third-order valence-corrected chi connectivity index (χ3v) is 4.55. The number of anilines is 2. The molecule has 0 aliphatic rings. The molecule has 0 aromatic heterocycles. The second kappa shape index (κ2) is 9.28. The molecule has 0 saturated heterocycles. The van der Waals surface area contributed by atoms with Crippen molar-refractivity contribution in [2.45, 2.75) is 20.8 Å². The Hall–Kier alpha value is -2.73. The summed E-state index contributed by atoms with van der Waals surface area (Å²) in [6, 6.07) is 11.6. The quantitative estimate of drug-likeness (QED) is 0.781. The Morgan fingerprint density at radius 2 is 1.74 bits per heavy atom. The van der Waals surface area contributed by atoms with E-state index >= 15 is 0 Å². The van der Waals surface area contributed by atoms with Crippen LogP contribution in [0, 0.1) is 19.7 Å². The number of nitrogens with one attached hydrogen (secondary N) is 2. The van der Waals surface area contributed by atoms with Gasteiger partial charge in [0.2, 0.25) is 0 Å². The number of carbonyl (C=O) groups is 2. The van der Waals surface area contributed by atoms with Crippen molar-refractivity contribution in [1.82, 2.24) is 0 Å². The molecule has 0 spiro atoms. The molecule has 0 aliphatic heterocycles. The molecule has 2 N–H and O–H groups in total. The normalized spacial score (nSPS) is 11.7. The van der Waals surface area contributed by atoms with Crippen LogP contribution in [0.5, 0.6) is 0 Å². The van der Waals surface area contributed by atoms with Gasteiger partial charge in [0.05, 0.1) is 7.05 Å². The fourth-order valence-electron chi connectivity index (χ4n) is 2.90. The summed E-state index contributed by atoms with van der Waals surface area (Å²) >= 11 is 0. The topological polar surface area (TPSA) is 53.9 Å². The largest absolute Gasteiger partial charge is 0.322 e. The number of likely N-dealkylation sites (N-methyl/N-ethyl adjacent to an activating group) is 2. The average Bonchev–Trinajstić information content (AvgIpc) is 2.61. The lowest BCUT2D eigenvalue weighted by molar-refractivity contribution is -0.862. The zero-order chi connectivity index (χ0) is 20.0. The molecular formula is C21H27FN3O2+. The maximum Gasteiger partial charge on any atom is 0.282 e. The van der Waals surface area contributed by atoms with Gasteiger partial charge in [0.15, 0.2) is 13.1 Å². The minimum Gasteiger partial charge on any atom is -0.322 e. The van der Waals surface area contributed by atoms with Crippen molar-refractivity contribution in [2.75, 3.05) is 36.9 Å². The van der Waals surface area contributed by atoms with Gasteiger partial charge in [-0.3, -0.25) is 9.59 Å². The van der Waals surface area contributed by atoms with Crippen LogP contribution >= 0.6 is 0 Å². The SMILES string of the molecule is CCN(C(=O)C[NH+](C)CC(=O)Nc1cccc(C)c1C)c1ccc(F)cc1. The van der Waals surface area contributed by atoms with Crippen molar-refractivity contribution < 1.29 is 18.9 Å². The van der Waals surface area contributed by atoms with Gasteiger partial charge in [-0.05, 0) is 62.2 Å². The maximum absolute atomic E-state index is 13.1. The number of hydrogen-bond donors (Lipinski definition) is 2. The standard InChI is InChI=1S/C21H26FN3O2/c1-5-25(18-11-9-17(22)10-12-18)21(27)14-24(4)13-20(26)23-19-8-6-7-15(2)16(19)3/h6-12H,5,13-14H2,1-4H3,(H,23,26)/p+1. The molecule has 2 aromatic rings. The van der Waals surface area contributed by atoms with E-state index in [1.807, 2.05) is 39.0 Å². The highest BCUT2D eigenvalue weighted by atomic mass is 19.1. The first-order valence-corrected chi connectivity index (χ1v) is 9.05. The Morgan fingerprint density at radius 1 is 1.07 bits per heavy atom. The van der Waals surface area contributed by atoms with Crippen molar-refractivity contribution in [3.63, 3.8) is 0 Å². The zero-order valence-electron chi connectivity index (χ0n) is 16.3. The summed E-state index contributed by atoms with van der Waals surface area (Å²) in [5.74, 6) is -0.590. The number of benzene rings is 2. The molecule has 2 amide bonds. The minimum absolute atomic E-state index is 0.110. The minimum atomic E-state index is -0.340. The molecule has 144 valence electrons. The monoisotopic (exact) mass is 372 g/mol. The fourth-order valence-corrected chi connectivity index (χ4v) is 2.90. The fraction of sp³-hybridized carbons (Fsp3) is 0.333. The van der Waals surface area contributed by atoms with Gasteiger partial charge in [-0.2, -0.15) is 0 Å². The van der Waals surface area contributed by atoms with Gasteiger partial charge in [0, 0.05) is 17.9 Å². The molecule has 6 heteroatoms. The molecule has 27 heavy (non-hydrogen) atoms. The van der Waals surface area contributed by atoms with Crippen molar-refractivity contribution in [3.05, 3.63) is 59.4 Å². The van der Waals surface area contributed by atoms with Crippen LogP contribution in [0.25, 0.3) is 0 Å². The summed E-state index contributed by atoms with van der Waals surface area (Å²) in [6.45, 7) is 6.66. The number of hydrogen-bond acceptors (Lipinski definition) is 2. The molecule has 1 unspecified atom stereocenters. The summed E-state index contributed by atoms with van der Waals surface area (Å²) in [5.41, 5.74) is 3.59. The van der Waals surface area contributed by atoms with Crippen LogP contribution in [0.2, 0.25) is 0 Å². The van der Waals surface area contributed by atoms with Crippen molar-refractivity contribution in [1.29, 1.82) is 0 Å². The van der Waals surface area contributed by atoms with E-state index in [-0.39, 0.29) is 30.7 Å².